The number of urea groups is 1. The van der Waals surface area contributed by atoms with Crippen LogP contribution in [0.2, 0.25) is 5.02 Å². The summed E-state index contributed by atoms with van der Waals surface area (Å²) in [5.41, 5.74) is 0.469. The van der Waals surface area contributed by atoms with Crippen molar-refractivity contribution in [2.45, 2.75) is 6.61 Å². The number of amides is 4. The number of halogens is 1. The Kier molecular flexibility index (Phi) is 6.98. The summed E-state index contributed by atoms with van der Waals surface area (Å²) in [6, 6.07) is 15.8. The Hall–Kier alpha value is -4.70. The third-order valence-electron chi connectivity index (χ3n) is 5.23. The molecular formula is C25H18ClN3O7. The molecule has 1 saturated heterocycles. The van der Waals surface area contributed by atoms with Gasteiger partial charge in [-0.2, -0.15) is 0 Å². The van der Waals surface area contributed by atoms with Crippen LogP contribution >= 0.6 is 11.6 Å². The van der Waals surface area contributed by atoms with Crippen molar-refractivity contribution in [1.82, 2.24) is 5.32 Å². The van der Waals surface area contributed by atoms with E-state index in [9.17, 15) is 24.5 Å². The van der Waals surface area contributed by atoms with E-state index in [1.54, 1.807) is 42.5 Å². The number of hydrogen-bond donors (Lipinski definition) is 1. The van der Waals surface area contributed by atoms with Crippen LogP contribution in [0, 0.1) is 10.1 Å². The van der Waals surface area contributed by atoms with Gasteiger partial charge in [0, 0.05) is 28.8 Å². The summed E-state index contributed by atoms with van der Waals surface area (Å²) in [5.74, 6) is -1.05. The van der Waals surface area contributed by atoms with Gasteiger partial charge in [-0.1, -0.05) is 29.8 Å². The average Bonchev–Trinajstić information content (AvgIpc) is 2.86. The van der Waals surface area contributed by atoms with Crippen LogP contribution < -0.4 is 19.7 Å². The van der Waals surface area contributed by atoms with E-state index in [0.29, 0.717) is 27.0 Å². The van der Waals surface area contributed by atoms with Crippen molar-refractivity contribution in [3.8, 4) is 11.5 Å². The average molecular weight is 508 g/mol. The zero-order valence-electron chi connectivity index (χ0n) is 18.8. The number of hydrogen-bond acceptors (Lipinski definition) is 7. The lowest BCUT2D eigenvalue weighted by molar-refractivity contribution is -0.384. The Labute approximate surface area is 209 Å². The van der Waals surface area contributed by atoms with Gasteiger partial charge < -0.3 is 9.47 Å². The molecule has 1 heterocycles. The second-order valence-corrected chi connectivity index (χ2v) is 7.99. The highest BCUT2D eigenvalue weighted by atomic mass is 35.5. The van der Waals surface area contributed by atoms with E-state index < -0.39 is 22.8 Å². The number of non-ortho nitro benzene ring substituents is 1. The van der Waals surface area contributed by atoms with Gasteiger partial charge in [0.15, 0.2) is 0 Å². The molecule has 0 radical (unpaired) electrons. The molecule has 182 valence electrons. The van der Waals surface area contributed by atoms with Gasteiger partial charge in [-0.25, -0.2) is 9.69 Å². The lowest BCUT2D eigenvalue weighted by Crippen LogP contribution is -2.54. The molecule has 1 aliphatic heterocycles. The minimum atomic E-state index is -1.02. The highest BCUT2D eigenvalue weighted by Crippen LogP contribution is 2.30. The molecule has 0 saturated carbocycles. The van der Waals surface area contributed by atoms with E-state index in [1.165, 1.54) is 31.4 Å². The first kappa shape index (κ1) is 24.4. The number of carbonyl (C=O) groups is 3. The Morgan fingerprint density at radius 1 is 1.06 bits per heavy atom. The van der Waals surface area contributed by atoms with Gasteiger partial charge in [-0.05, 0) is 42.0 Å². The Bertz CT molecular complexity index is 1400. The molecule has 10 nitrogen and oxygen atoms in total. The molecule has 4 amide bonds. The SMILES string of the molecule is COc1ccc(/C=C2\C(=O)NC(=O)N(c3cccc([N+](=O)[O-])c3)C2=O)c(OCc2ccc(Cl)cc2)c1. The molecule has 0 atom stereocenters. The number of ether oxygens (including phenoxy) is 2. The van der Waals surface area contributed by atoms with Crippen molar-refractivity contribution in [3.05, 3.63) is 98.6 Å². The summed E-state index contributed by atoms with van der Waals surface area (Å²) in [4.78, 5) is 49.4. The number of benzene rings is 3. The quantitative estimate of drug-likeness (QED) is 0.216. The van der Waals surface area contributed by atoms with Gasteiger partial charge in [0.1, 0.15) is 23.7 Å². The summed E-state index contributed by atoms with van der Waals surface area (Å²) in [7, 11) is 1.48. The fraction of sp³-hybridized carbons (Fsp3) is 0.0800. The van der Waals surface area contributed by atoms with Crippen molar-refractivity contribution in [3.63, 3.8) is 0 Å². The molecule has 1 fully saturated rings. The Balaban J connectivity index is 1.69. The van der Waals surface area contributed by atoms with E-state index >= 15 is 0 Å². The van der Waals surface area contributed by atoms with Crippen LogP contribution in [-0.4, -0.2) is 29.9 Å². The molecule has 0 aliphatic carbocycles. The van der Waals surface area contributed by atoms with Crippen molar-refractivity contribution < 1.29 is 28.8 Å². The molecule has 0 bridgehead atoms. The minimum absolute atomic E-state index is 0.0564. The third kappa shape index (κ3) is 5.18. The number of carbonyl (C=O) groups excluding carboxylic acids is 3. The molecule has 11 heteroatoms. The summed E-state index contributed by atoms with van der Waals surface area (Å²) in [5, 5.41) is 13.8. The maximum Gasteiger partial charge on any atom is 0.335 e. The highest BCUT2D eigenvalue weighted by molar-refractivity contribution is 6.39. The smallest absolute Gasteiger partial charge is 0.335 e. The number of barbiturate groups is 1. The lowest BCUT2D eigenvalue weighted by Gasteiger charge is -2.26. The first-order valence-corrected chi connectivity index (χ1v) is 10.9. The van der Waals surface area contributed by atoms with Crippen LogP contribution in [0.1, 0.15) is 11.1 Å². The predicted octanol–water partition coefficient (Wildman–Crippen LogP) is 4.50. The third-order valence-corrected chi connectivity index (χ3v) is 5.48. The molecule has 36 heavy (non-hydrogen) atoms. The summed E-state index contributed by atoms with van der Waals surface area (Å²) >= 11 is 5.92. The minimum Gasteiger partial charge on any atom is -0.497 e. The lowest BCUT2D eigenvalue weighted by atomic mass is 10.1. The molecule has 0 aromatic heterocycles. The monoisotopic (exact) mass is 507 g/mol. The summed E-state index contributed by atoms with van der Waals surface area (Å²) in [6.45, 7) is 0.166. The second-order valence-electron chi connectivity index (χ2n) is 7.55. The highest BCUT2D eigenvalue weighted by Gasteiger charge is 2.37. The molecule has 1 N–H and O–H groups in total. The van der Waals surface area contributed by atoms with Crippen LogP contribution in [0.5, 0.6) is 11.5 Å². The second kappa shape index (κ2) is 10.3. The van der Waals surface area contributed by atoms with Gasteiger partial charge in [0.25, 0.3) is 17.5 Å². The molecule has 0 unspecified atom stereocenters. The van der Waals surface area contributed by atoms with E-state index in [2.05, 4.69) is 5.32 Å². The van der Waals surface area contributed by atoms with Crippen molar-refractivity contribution in [1.29, 1.82) is 0 Å². The predicted molar refractivity (Wildman–Crippen MR) is 131 cm³/mol. The van der Waals surface area contributed by atoms with E-state index in [1.807, 2.05) is 0 Å². The maximum atomic E-state index is 13.2. The van der Waals surface area contributed by atoms with Gasteiger partial charge in [-0.15, -0.1) is 0 Å². The summed E-state index contributed by atoms with van der Waals surface area (Å²) in [6.07, 6.45) is 1.28. The van der Waals surface area contributed by atoms with Crippen LogP contribution in [0.25, 0.3) is 6.08 Å². The molecule has 4 rings (SSSR count). The van der Waals surface area contributed by atoms with Crippen LogP contribution in [0.4, 0.5) is 16.2 Å². The molecule has 3 aromatic carbocycles. The van der Waals surface area contributed by atoms with Crippen molar-refractivity contribution in [2.24, 2.45) is 0 Å². The van der Waals surface area contributed by atoms with Gasteiger partial charge in [-0.3, -0.25) is 25.0 Å². The number of nitro groups is 1. The zero-order chi connectivity index (χ0) is 25.8. The first-order chi connectivity index (χ1) is 17.3. The molecule has 1 aliphatic rings. The number of imide groups is 2. The fourth-order valence-electron chi connectivity index (χ4n) is 3.42. The first-order valence-electron chi connectivity index (χ1n) is 10.5. The van der Waals surface area contributed by atoms with E-state index in [-0.39, 0.29) is 23.6 Å². The topological polar surface area (TPSA) is 128 Å². The number of anilines is 1. The molecule has 3 aromatic rings. The summed E-state index contributed by atoms with van der Waals surface area (Å²) < 4.78 is 11.2. The van der Waals surface area contributed by atoms with Crippen molar-refractivity contribution in [2.75, 3.05) is 12.0 Å². The van der Waals surface area contributed by atoms with Crippen molar-refractivity contribution >= 4 is 46.9 Å². The van der Waals surface area contributed by atoms with Crippen LogP contribution in [-0.2, 0) is 16.2 Å². The Morgan fingerprint density at radius 2 is 1.81 bits per heavy atom. The number of nitro benzene ring substituents is 1. The van der Waals surface area contributed by atoms with E-state index in [4.69, 9.17) is 21.1 Å². The van der Waals surface area contributed by atoms with Crippen LogP contribution in [0.15, 0.2) is 72.3 Å². The maximum absolute atomic E-state index is 13.2. The number of nitrogens with one attached hydrogen (secondary N) is 1. The van der Waals surface area contributed by atoms with Crippen LogP contribution in [0.3, 0.4) is 0 Å². The van der Waals surface area contributed by atoms with Gasteiger partial charge in [0.2, 0.25) is 0 Å². The Morgan fingerprint density at radius 3 is 2.50 bits per heavy atom. The molecular weight excluding hydrogens is 490 g/mol. The number of rotatable bonds is 7. The number of methoxy groups -OCH3 is 1. The largest absolute Gasteiger partial charge is 0.497 e. The van der Waals surface area contributed by atoms with E-state index in [0.717, 1.165) is 11.6 Å². The standard InChI is InChI=1S/C25H18ClN3O7/c1-35-20-10-7-16(22(13-20)36-14-15-5-8-17(26)9-6-15)11-21-23(30)27-25(32)28(24(21)31)18-3-2-4-19(12-18)29(33)34/h2-13H,14H2,1H3,(H,27,30,32)/b21-11+. The normalized spacial score (nSPS) is 14.6. The zero-order valence-corrected chi connectivity index (χ0v) is 19.5. The fourth-order valence-corrected chi connectivity index (χ4v) is 3.55. The molecule has 0 spiro atoms. The van der Waals surface area contributed by atoms with Gasteiger partial charge in [0.05, 0.1) is 17.7 Å². The number of nitrogens with zero attached hydrogens (tertiary/aromatic N) is 2. The van der Waals surface area contributed by atoms with Gasteiger partial charge >= 0.3 is 6.03 Å².